The summed E-state index contributed by atoms with van der Waals surface area (Å²) in [5, 5.41) is 5.14. The van der Waals surface area contributed by atoms with Crippen molar-refractivity contribution in [1.82, 2.24) is 19.9 Å². The third kappa shape index (κ3) is 4.20. The van der Waals surface area contributed by atoms with Crippen LogP contribution in [-0.2, 0) is 0 Å². The van der Waals surface area contributed by atoms with Gasteiger partial charge in [0.2, 0.25) is 5.71 Å². The third-order valence-corrected chi connectivity index (χ3v) is 8.96. The van der Waals surface area contributed by atoms with Crippen LogP contribution in [0.4, 0.5) is 0 Å². The molecule has 0 saturated heterocycles. The number of furan rings is 2. The van der Waals surface area contributed by atoms with E-state index >= 15 is 0 Å². The summed E-state index contributed by atoms with van der Waals surface area (Å²) in [4.78, 5) is 19.8. The number of benzene rings is 6. The molecule has 48 heavy (non-hydrogen) atoms. The van der Waals surface area contributed by atoms with Gasteiger partial charge in [-0.05, 0) is 41.5 Å². The number of rotatable bonds is 4. The molecule has 0 atom stereocenters. The van der Waals surface area contributed by atoms with Crippen molar-refractivity contribution in [3.05, 3.63) is 146 Å². The predicted molar refractivity (Wildman–Crippen MR) is 191 cm³/mol. The summed E-state index contributed by atoms with van der Waals surface area (Å²) < 4.78 is 12.4. The molecule has 0 bridgehead atoms. The molecule has 0 unspecified atom stereocenters. The van der Waals surface area contributed by atoms with E-state index in [9.17, 15) is 0 Å². The fourth-order valence-electron chi connectivity index (χ4n) is 6.70. The van der Waals surface area contributed by atoms with Gasteiger partial charge in [-0.1, -0.05) is 115 Å². The largest absolute Gasteiger partial charge is 0.456 e. The highest BCUT2D eigenvalue weighted by Gasteiger charge is 2.19. The maximum absolute atomic E-state index is 6.23. The lowest BCUT2D eigenvalue weighted by Gasteiger charge is -2.10. The predicted octanol–water partition coefficient (Wildman–Crippen LogP) is 10.9. The van der Waals surface area contributed by atoms with Crippen molar-refractivity contribution in [3.63, 3.8) is 0 Å². The second-order valence-electron chi connectivity index (χ2n) is 11.8. The van der Waals surface area contributed by atoms with E-state index in [0.29, 0.717) is 23.2 Å². The molecule has 0 N–H and O–H groups in total. The molecule has 4 aromatic heterocycles. The lowest BCUT2D eigenvalue weighted by atomic mass is 9.98. The van der Waals surface area contributed by atoms with Gasteiger partial charge in [-0.15, -0.1) is 0 Å². The first-order valence-electron chi connectivity index (χ1n) is 15.8. The molecule has 6 nitrogen and oxygen atoms in total. The molecule has 0 aliphatic rings. The number of para-hydroxylation sites is 2. The SMILES string of the molecule is c1ccc(-c2nc(-c3ccc(-c4cccc5oc6nc7ccccc7cc6c45)cc3)nc(-c3cccc4oc5ccccc5c34)n2)cc1. The van der Waals surface area contributed by atoms with Crippen molar-refractivity contribution >= 4 is 54.9 Å². The Morgan fingerprint density at radius 2 is 0.979 bits per heavy atom. The summed E-state index contributed by atoms with van der Waals surface area (Å²) >= 11 is 0. The van der Waals surface area contributed by atoms with E-state index in [1.54, 1.807) is 0 Å². The van der Waals surface area contributed by atoms with Gasteiger partial charge in [0.1, 0.15) is 16.7 Å². The third-order valence-electron chi connectivity index (χ3n) is 8.96. The second kappa shape index (κ2) is 10.4. The lowest BCUT2D eigenvalue weighted by Crippen LogP contribution is -2.00. The summed E-state index contributed by atoms with van der Waals surface area (Å²) in [5.74, 6) is 1.80. The molecule has 0 radical (unpaired) electrons. The molecule has 0 fully saturated rings. The van der Waals surface area contributed by atoms with Gasteiger partial charge in [-0.2, -0.15) is 0 Å². The molecule has 6 heteroatoms. The van der Waals surface area contributed by atoms with Crippen LogP contribution in [0.3, 0.4) is 0 Å². The highest BCUT2D eigenvalue weighted by molar-refractivity contribution is 6.14. The zero-order valence-electron chi connectivity index (χ0n) is 25.5. The number of hydrogen-bond donors (Lipinski definition) is 0. The van der Waals surface area contributed by atoms with Crippen LogP contribution in [0.5, 0.6) is 0 Å². The minimum Gasteiger partial charge on any atom is -0.456 e. The molecule has 10 aromatic rings. The van der Waals surface area contributed by atoms with Crippen molar-refractivity contribution in [1.29, 1.82) is 0 Å². The first kappa shape index (κ1) is 26.5. The molecule has 0 saturated carbocycles. The Kier molecular flexibility index (Phi) is 5.77. The monoisotopic (exact) mass is 616 g/mol. The first-order chi connectivity index (χ1) is 23.8. The minimum absolute atomic E-state index is 0.592. The number of hydrogen-bond acceptors (Lipinski definition) is 6. The van der Waals surface area contributed by atoms with Gasteiger partial charge in [-0.25, -0.2) is 19.9 Å². The number of pyridine rings is 1. The fourth-order valence-corrected chi connectivity index (χ4v) is 6.70. The van der Waals surface area contributed by atoms with Gasteiger partial charge >= 0.3 is 0 Å². The van der Waals surface area contributed by atoms with E-state index in [1.165, 1.54) is 0 Å². The van der Waals surface area contributed by atoms with Gasteiger partial charge < -0.3 is 8.83 Å². The van der Waals surface area contributed by atoms with Gasteiger partial charge in [0.05, 0.1) is 5.52 Å². The molecule has 224 valence electrons. The molecule has 0 amide bonds. The summed E-state index contributed by atoms with van der Waals surface area (Å²) in [5.41, 5.74) is 8.84. The Balaban J connectivity index is 1.13. The fraction of sp³-hybridized carbons (Fsp3) is 0. The second-order valence-corrected chi connectivity index (χ2v) is 11.8. The standard InChI is InChI=1S/C42H24N4O2/c1-2-10-26(11-3-1)39-44-40(46-41(45-39)31-15-9-18-35-38(31)30-13-5-7-17-34(30)47-35)27-22-20-25(21-23-27)29-14-8-19-36-37(29)32-24-28-12-4-6-16-33(28)43-42(32)48-36/h1-24H. The Morgan fingerprint density at radius 1 is 0.375 bits per heavy atom. The zero-order valence-corrected chi connectivity index (χ0v) is 25.5. The first-order valence-corrected chi connectivity index (χ1v) is 15.8. The van der Waals surface area contributed by atoms with Crippen LogP contribution >= 0.6 is 0 Å². The quantitative estimate of drug-likeness (QED) is 0.196. The molecule has 6 aromatic carbocycles. The van der Waals surface area contributed by atoms with E-state index < -0.39 is 0 Å². The average molecular weight is 617 g/mol. The molecule has 10 rings (SSSR count). The molecule has 0 aliphatic carbocycles. The van der Waals surface area contributed by atoms with Crippen LogP contribution in [0.2, 0.25) is 0 Å². The molecule has 0 spiro atoms. The maximum atomic E-state index is 6.23. The summed E-state index contributed by atoms with van der Waals surface area (Å²) in [6, 6.07) is 49.0. The molecule has 4 heterocycles. The lowest BCUT2D eigenvalue weighted by molar-refractivity contribution is 0.656. The van der Waals surface area contributed by atoms with E-state index in [1.807, 2.05) is 91.0 Å². The van der Waals surface area contributed by atoms with Crippen LogP contribution in [0.25, 0.3) is 100 Å². The van der Waals surface area contributed by atoms with Crippen LogP contribution in [0, 0.1) is 0 Å². The Morgan fingerprint density at radius 3 is 1.81 bits per heavy atom. The Bertz CT molecular complexity index is 2840. The van der Waals surface area contributed by atoms with Crippen molar-refractivity contribution in [2.45, 2.75) is 0 Å². The van der Waals surface area contributed by atoms with E-state index in [2.05, 4.69) is 54.6 Å². The summed E-state index contributed by atoms with van der Waals surface area (Å²) in [7, 11) is 0. The zero-order chi connectivity index (χ0) is 31.6. The van der Waals surface area contributed by atoms with Crippen LogP contribution in [-0.4, -0.2) is 19.9 Å². The summed E-state index contributed by atoms with van der Waals surface area (Å²) in [6.45, 7) is 0. The Labute approximate surface area is 274 Å². The van der Waals surface area contributed by atoms with Crippen LogP contribution < -0.4 is 0 Å². The minimum atomic E-state index is 0.592. The topological polar surface area (TPSA) is 77.8 Å². The van der Waals surface area contributed by atoms with Crippen molar-refractivity contribution < 1.29 is 8.83 Å². The maximum Gasteiger partial charge on any atom is 0.227 e. The highest BCUT2D eigenvalue weighted by Crippen LogP contribution is 2.39. The highest BCUT2D eigenvalue weighted by atomic mass is 16.3. The average Bonchev–Trinajstić information content (AvgIpc) is 3.72. The van der Waals surface area contributed by atoms with E-state index in [4.69, 9.17) is 28.8 Å². The van der Waals surface area contributed by atoms with Gasteiger partial charge in [0.25, 0.3) is 0 Å². The smallest absolute Gasteiger partial charge is 0.227 e. The van der Waals surface area contributed by atoms with Crippen LogP contribution in [0.15, 0.2) is 154 Å². The molecular weight excluding hydrogens is 592 g/mol. The number of nitrogens with zero attached hydrogens (tertiary/aromatic N) is 4. The van der Waals surface area contributed by atoms with Crippen LogP contribution in [0.1, 0.15) is 0 Å². The normalized spacial score (nSPS) is 11.8. The van der Waals surface area contributed by atoms with Gasteiger partial charge in [0.15, 0.2) is 17.5 Å². The molecule has 0 aliphatic heterocycles. The van der Waals surface area contributed by atoms with Gasteiger partial charge in [-0.3, -0.25) is 0 Å². The Hall–Kier alpha value is -6.66. The van der Waals surface area contributed by atoms with Gasteiger partial charge in [0, 0.05) is 43.6 Å². The van der Waals surface area contributed by atoms with Crippen molar-refractivity contribution in [3.8, 4) is 45.3 Å². The molecular formula is C42H24N4O2. The van der Waals surface area contributed by atoms with Crippen molar-refractivity contribution in [2.24, 2.45) is 0 Å². The van der Waals surface area contributed by atoms with E-state index in [0.717, 1.165) is 77.0 Å². The van der Waals surface area contributed by atoms with E-state index in [-0.39, 0.29) is 0 Å². The summed E-state index contributed by atoms with van der Waals surface area (Å²) in [6.07, 6.45) is 0. The van der Waals surface area contributed by atoms with Crippen molar-refractivity contribution in [2.75, 3.05) is 0 Å². The number of fused-ring (bicyclic) bond motifs is 7. The number of aromatic nitrogens is 4.